The van der Waals surface area contributed by atoms with E-state index in [1.54, 1.807) is 18.2 Å². The molecular formula is C14H15ClN2O2S2. The van der Waals surface area contributed by atoms with Gasteiger partial charge in [0.2, 0.25) is 10.0 Å². The van der Waals surface area contributed by atoms with Crippen LogP contribution in [0.25, 0.3) is 0 Å². The molecule has 0 spiro atoms. The summed E-state index contributed by atoms with van der Waals surface area (Å²) in [6.07, 6.45) is 0. The Morgan fingerprint density at radius 1 is 1.10 bits per heavy atom. The van der Waals surface area contributed by atoms with Gasteiger partial charge >= 0.3 is 0 Å². The van der Waals surface area contributed by atoms with Gasteiger partial charge in [0.1, 0.15) is 0 Å². The Bertz CT molecular complexity index is 761. The number of halogens is 1. The average Bonchev–Trinajstić information content (AvgIpc) is 2.43. The quantitative estimate of drug-likeness (QED) is 0.866. The second kappa shape index (κ2) is 6.27. The van der Waals surface area contributed by atoms with Crippen molar-refractivity contribution in [3.63, 3.8) is 0 Å². The van der Waals surface area contributed by atoms with E-state index in [1.807, 2.05) is 18.2 Å². The molecule has 0 heterocycles. The molecule has 0 atom stereocenters. The molecule has 0 aliphatic carbocycles. The van der Waals surface area contributed by atoms with E-state index < -0.39 is 10.0 Å². The van der Waals surface area contributed by atoms with E-state index >= 15 is 0 Å². The van der Waals surface area contributed by atoms with Gasteiger partial charge in [-0.15, -0.1) is 0 Å². The molecule has 2 rings (SSSR count). The number of nitrogen functional groups attached to an aromatic ring is 1. The number of hydrogen-bond donors (Lipinski definition) is 1. The van der Waals surface area contributed by atoms with Crippen molar-refractivity contribution < 1.29 is 8.42 Å². The minimum atomic E-state index is -3.48. The zero-order valence-electron chi connectivity index (χ0n) is 11.6. The van der Waals surface area contributed by atoms with E-state index in [0.717, 1.165) is 14.1 Å². The minimum absolute atomic E-state index is 0.175. The van der Waals surface area contributed by atoms with Crippen LogP contribution < -0.4 is 5.73 Å². The van der Waals surface area contributed by atoms with Gasteiger partial charge in [0.05, 0.1) is 9.92 Å². The first-order valence-electron chi connectivity index (χ1n) is 6.07. The highest BCUT2D eigenvalue weighted by atomic mass is 35.5. The Kier molecular flexibility index (Phi) is 4.83. The van der Waals surface area contributed by atoms with Gasteiger partial charge in [0, 0.05) is 29.6 Å². The van der Waals surface area contributed by atoms with Crippen molar-refractivity contribution in [2.75, 3.05) is 19.8 Å². The smallest absolute Gasteiger partial charge is 0.242 e. The highest BCUT2D eigenvalue weighted by Crippen LogP contribution is 2.37. The molecule has 0 amide bonds. The molecule has 2 aromatic rings. The molecule has 0 aliphatic heterocycles. The fraction of sp³-hybridized carbons (Fsp3) is 0.143. The third-order valence-electron chi connectivity index (χ3n) is 2.82. The summed E-state index contributed by atoms with van der Waals surface area (Å²) in [6, 6.07) is 12.1. The van der Waals surface area contributed by atoms with Crippen LogP contribution in [-0.4, -0.2) is 26.8 Å². The molecule has 0 saturated heterocycles. The maximum atomic E-state index is 12.1. The zero-order valence-corrected chi connectivity index (χ0v) is 14.0. The highest BCUT2D eigenvalue weighted by molar-refractivity contribution is 7.99. The van der Waals surface area contributed by atoms with E-state index in [0.29, 0.717) is 10.7 Å². The standard InChI is InChI=1S/C14H15ClN2O2S2/c1-17(2)21(18,19)10-7-8-14(12(16)9-10)20-13-6-4-3-5-11(13)15/h3-9H,16H2,1-2H3. The summed E-state index contributed by atoms with van der Waals surface area (Å²) in [5.41, 5.74) is 6.37. The molecule has 21 heavy (non-hydrogen) atoms. The van der Waals surface area contributed by atoms with Crippen molar-refractivity contribution in [3.05, 3.63) is 47.5 Å². The van der Waals surface area contributed by atoms with Crippen molar-refractivity contribution in [2.45, 2.75) is 14.7 Å². The third kappa shape index (κ3) is 3.52. The summed E-state index contributed by atoms with van der Waals surface area (Å²) < 4.78 is 25.3. The maximum Gasteiger partial charge on any atom is 0.242 e. The highest BCUT2D eigenvalue weighted by Gasteiger charge is 2.18. The van der Waals surface area contributed by atoms with Crippen LogP contribution in [0, 0.1) is 0 Å². The number of anilines is 1. The van der Waals surface area contributed by atoms with Crippen LogP contribution in [0.3, 0.4) is 0 Å². The van der Waals surface area contributed by atoms with Gasteiger partial charge in [-0.1, -0.05) is 35.5 Å². The molecule has 0 unspecified atom stereocenters. The van der Waals surface area contributed by atoms with Crippen molar-refractivity contribution in [1.29, 1.82) is 0 Å². The van der Waals surface area contributed by atoms with Gasteiger partial charge in [-0.2, -0.15) is 0 Å². The van der Waals surface area contributed by atoms with Crippen molar-refractivity contribution in [2.24, 2.45) is 0 Å². The van der Waals surface area contributed by atoms with Gasteiger partial charge in [-0.3, -0.25) is 0 Å². The van der Waals surface area contributed by atoms with Crippen LogP contribution >= 0.6 is 23.4 Å². The Morgan fingerprint density at radius 3 is 2.33 bits per heavy atom. The number of benzene rings is 2. The summed E-state index contributed by atoms with van der Waals surface area (Å²) in [4.78, 5) is 1.81. The Morgan fingerprint density at radius 2 is 1.76 bits per heavy atom. The summed E-state index contributed by atoms with van der Waals surface area (Å²) in [7, 11) is -0.511. The van der Waals surface area contributed by atoms with Crippen LogP contribution in [0.1, 0.15) is 0 Å². The van der Waals surface area contributed by atoms with E-state index in [1.165, 1.54) is 31.9 Å². The molecule has 2 aromatic carbocycles. The first kappa shape index (κ1) is 16.2. The monoisotopic (exact) mass is 342 g/mol. The first-order valence-corrected chi connectivity index (χ1v) is 8.70. The number of nitrogens with two attached hydrogens (primary N) is 1. The van der Waals surface area contributed by atoms with E-state index in [4.69, 9.17) is 17.3 Å². The van der Waals surface area contributed by atoms with E-state index in [2.05, 4.69) is 0 Å². The molecular weight excluding hydrogens is 328 g/mol. The van der Waals surface area contributed by atoms with Crippen LogP contribution in [0.2, 0.25) is 5.02 Å². The molecule has 0 aliphatic rings. The number of nitrogens with zero attached hydrogens (tertiary/aromatic N) is 1. The average molecular weight is 343 g/mol. The summed E-state index contributed by atoms with van der Waals surface area (Å²) in [5, 5.41) is 0.631. The molecule has 7 heteroatoms. The fourth-order valence-corrected chi connectivity index (χ4v) is 3.69. The first-order chi connectivity index (χ1) is 9.82. The van der Waals surface area contributed by atoms with Gasteiger partial charge in [-0.05, 0) is 30.3 Å². The summed E-state index contributed by atoms with van der Waals surface area (Å²) in [6.45, 7) is 0. The van der Waals surface area contributed by atoms with Gasteiger partial charge in [-0.25, -0.2) is 12.7 Å². The summed E-state index contributed by atoms with van der Waals surface area (Å²) >= 11 is 7.51. The molecule has 0 fully saturated rings. The lowest BCUT2D eigenvalue weighted by Crippen LogP contribution is -2.22. The number of sulfonamides is 1. The lowest BCUT2D eigenvalue weighted by atomic mass is 10.3. The van der Waals surface area contributed by atoms with Crippen LogP contribution in [0.4, 0.5) is 5.69 Å². The van der Waals surface area contributed by atoms with Gasteiger partial charge < -0.3 is 5.73 Å². The van der Waals surface area contributed by atoms with Crippen LogP contribution in [0.5, 0.6) is 0 Å². The topological polar surface area (TPSA) is 63.4 Å². The lowest BCUT2D eigenvalue weighted by Gasteiger charge is -2.13. The van der Waals surface area contributed by atoms with Crippen LogP contribution in [0.15, 0.2) is 57.2 Å². The number of hydrogen-bond acceptors (Lipinski definition) is 4. The maximum absolute atomic E-state index is 12.1. The lowest BCUT2D eigenvalue weighted by molar-refractivity contribution is 0.520. The molecule has 0 bridgehead atoms. The predicted octanol–water partition coefficient (Wildman–Crippen LogP) is 3.32. The van der Waals surface area contributed by atoms with Gasteiger partial charge in [0.25, 0.3) is 0 Å². The predicted molar refractivity (Wildman–Crippen MR) is 87.3 cm³/mol. The minimum Gasteiger partial charge on any atom is -0.398 e. The van der Waals surface area contributed by atoms with Crippen molar-refractivity contribution in [1.82, 2.24) is 4.31 Å². The van der Waals surface area contributed by atoms with Crippen molar-refractivity contribution >= 4 is 39.1 Å². The van der Waals surface area contributed by atoms with Crippen LogP contribution in [-0.2, 0) is 10.0 Å². The third-order valence-corrected chi connectivity index (χ3v) is 6.24. The molecule has 4 nitrogen and oxygen atoms in total. The van der Waals surface area contributed by atoms with E-state index in [-0.39, 0.29) is 4.90 Å². The summed E-state index contributed by atoms with van der Waals surface area (Å²) in [5.74, 6) is 0. The fourth-order valence-electron chi connectivity index (χ4n) is 1.64. The largest absolute Gasteiger partial charge is 0.398 e. The Hall–Kier alpha value is -1.21. The molecule has 0 saturated carbocycles. The molecule has 2 N–H and O–H groups in total. The second-order valence-corrected chi connectivity index (χ2v) is 8.16. The SMILES string of the molecule is CN(C)S(=O)(=O)c1ccc(Sc2ccccc2Cl)c(N)c1. The van der Waals surface area contributed by atoms with Gasteiger partial charge in [0.15, 0.2) is 0 Å². The molecule has 0 aromatic heterocycles. The van der Waals surface area contributed by atoms with E-state index in [9.17, 15) is 8.42 Å². The second-order valence-electron chi connectivity index (χ2n) is 4.52. The number of rotatable bonds is 4. The molecule has 112 valence electrons. The molecule has 0 radical (unpaired) electrons. The Labute approximate surface area is 134 Å². The zero-order chi connectivity index (χ0) is 15.6. The van der Waals surface area contributed by atoms with Crippen molar-refractivity contribution in [3.8, 4) is 0 Å². The Balaban J connectivity index is 2.35. The normalized spacial score (nSPS) is 11.8.